The summed E-state index contributed by atoms with van der Waals surface area (Å²) in [6.07, 6.45) is 4.61. The molecule has 0 aromatic carbocycles. The van der Waals surface area contributed by atoms with Gasteiger partial charge in [-0.25, -0.2) is 0 Å². The van der Waals surface area contributed by atoms with Crippen molar-refractivity contribution >= 4 is 5.69 Å². The lowest BCUT2D eigenvalue weighted by atomic mass is 10.4. The number of ether oxygens (including phenoxy) is 1. The van der Waals surface area contributed by atoms with Crippen molar-refractivity contribution in [1.82, 2.24) is 4.98 Å². The number of rotatable bonds is 4. The van der Waals surface area contributed by atoms with E-state index < -0.39 is 0 Å². The average Bonchev–Trinajstić information content (AvgIpc) is 2.15. The smallest absolute Gasteiger partial charge is 0.114 e. The van der Waals surface area contributed by atoms with Crippen LogP contribution in [-0.2, 0) is 4.74 Å². The summed E-state index contributed by atoms with van der Waals surface area (Å²) in [5, 5.41) is 0. The van der Waals surface area contributed by atoms with Gasteiger partial charge in [0.2, 0.25) is 0 Å². The fourth-order valence-electron chi connectivity index (χ4n) is 0.879. The van der Waals surface area contributed by atoms with E-state index in [0.29, 0.717) is 0 Å². The third kappa shape index (κ3) is 2.51. The lowest BCUT2D eigenvalue weighted by molar-refractivity contribution is 0.206. The zero-order chi connectivity index (χ0) is 8.81. The number of nitrogens with zero attached hydrogens (tertiary/aromatic N) is 2. The molecule has 0 bridgehead atoms. The van der Waals surface area contributed by atoms with Crippen LogP contribution in [0, 0.1) is 6.20 Å². The van der Waals surface area contributed by atoms with Gasteiger partial charge in [0.15, 0.2) is 0 Å². The minimum atomic E-state index is 0.721. The predicted molar refractivity (Wildman–Crippen MR) is 48.2 cm³/mol. The maximum atomic E-state index is 4.96. The van der Waals surface area contributed by atoms with Gasteiger partial charge in [-0.2, -0.15) is 0 Å². The molecule has 12 heavy (non-hydrogen) atoms. The van der Waals surface area contributed by atoms with Crippen LogP contribution < -0.4 is 4.90 Å². The molecule has 0 unspecified atom stereocenters. The van der Waals surface area contributed by atoms with Gasteiger partial charge in [0.25, 0.3) is 0 Å². The summed E-state index contributed by atoms with van der Waals surface area (Å²) < 4.78 is 4.96. The van der Waals surface area contributed by atoms with Crippen molar-refractivity contribution in [2.75, 3.05) is 32.2 Å². The monoisotopic (exact) mass is 165 g/mol. The summed E-state index contributed by atoms with van der Waals surface area (Å²) in [5.41, 5.74) is 0.995. The second-order valence-corrected chi connectivity index (χ2v) is 2.55. The third-order valence-electron chi connectivity index (χ3n) is 1.64. The van der Waals surface area contributed by atoms with Crippen molar-refractivity contribution in [2.45, 2.75) is 0 Å². The fraction of sp³-hybridized carbons (Fsp3) is 0.444. The van der Waals surface area contributed by atoms with E-state index in [9.17, 15) is 0 Å². The minimum absolute atomic E-state index is 0.721. The molecule has 1 radical (unpaired) electrons. The zero-order valence-electron chi connectivity index (χ0n) is 7.45. The second kappa shape index (κ2) is 4.72. The molecule has 0 aliphatic heterocycles. The highest BCUT2D eigenvalue weighted by Crippen LogP contribution is 2.06. The molecule has 3 heteroatoms. The highest BCUT2D eigenvalue weighted by atomic mass is 16.5. The van der Waals surface area contributed by atoms with E-state index >= 15 is 0 Å². The van der Waals surface area contributed by atoms with Gasteiger partial charge >= 0.3 is 0 Å². The summed E-state index contributed by atoms with van der Waals surface area (Å²) >= 11 is 0. The average molecular weight is 165 g/mol. The highest BCUT2D eigenvalue weighted by Gasteiger charge is 1.98. The maximum Gasteiger partial charge on any atom is 0.114 e. The van der Waals surface area contributed by atoms with Crippen molar-refractivity contribution in [2.24, 2.45) is 0 Å². The van der Waals surface area contributed by atoms with Gasteiger partial charge in [0, 0.05) is 26.9 Å². The van der Waals surface area contributed by atoms with Gasteiger partial charge in [-0.3, -0.25) is 4.98 Å². The van der Waals surface area contributed by atoms with Crippen LogP contribution in [-0.4, -0.2) is 32.3 Å². The first kappa shape index (κ1) is 9.00. The topological polar surface area (TPSA) is 25.4 Å². The summed E-state index contributed by atoms with van der Waals surface area (Å²) in [4.78, 5) is 5.96. The van der Waals surface area contributed by atoms with E-state index in [0.717, 1.165) is 18.8 Å². The van der Waals surface area contributed by atoms with Crippen LogP contribution >= 0.6 is 0 Å². The Balaban J connectivity index is 2.48. The lowest BCUT2D eigenvalue weighted by Gasteiger charge is -2.17. The molecule has 0 spiro atoms. The normalized spacial score (nSPS) is 9.83. The van der Waals surface area contributed by atoms with Crippen LogP contribution in [0.2, 0.25) is 0 Å². The Kier molecular flexibility index (Phi) is 3.54. The van der Waals surface area contributed by atoms with Gasteiger partial charge in [-0.05, 0) is 12.1 Å². The van der Waals surface area contributed by atoms with Gasteiger partial charge in [0.1, 0.15) is 6.20 Å². The highest BCUT2D eigenvalue weighted by molar-refractivity contribution is 5.41. The Morgan fingerprint density at radius 3 is 3.08 bits per heavy atom. The van der Waals surface area contributed by atoms with Crippen LogP contribution in [0.3, 0.4) is 0 Å². The SMILES string of the molecule is COCCN(C)c1[c]nccc1. The summed E-state index contributed by atoms with van der Waals surface area (Å²) in [6, 6.07) is 3.87. The van der Waals surface area contributed by atoms with Gasteiger partial charge in [-0.15, -0.1) is 0 Å². The van der Waals surface area contributed by atoms with Gasteiger partial charge < -0.3 is 9.64 Å². The van der Waals surface area contributed by atoms with Crippen LogP contribution in [0.5, 0.6) is 0 Å². The number of likely N-dealkylation sites (N-methyl/N-ethyl adjacent to an activating group) is 1. The minimum Gasteiger partial charge on any atom is -0.383 e. The lowest BCUT2D eigenvalue weighted by Crippen LogP contribution is -2.22. The van der Waals surface area contributed by atoms with E-state index in [1.54, 1.807) is 13.3 Å². The molecule has 0 aliphatic carbocycles. The van der Waals surface area contributed by atoms with Crippen molar-refractivity contribution in [3.63, 3.8) is 0 Å². The quantitative estimate of drug-likeness (QED) is 0.664. The Hall–Kier alpha value is -1.09. The van der Waals surface area contributed by atoms with E-state index in [2.05, 4.69) is 16.1 Å². The zero-order valence-corrected chi connectivity index (χ0v) is 7.45. The first-order chi connectivity index (χ1) is 5.84. The number of methoxy groups -OCH3 is 1. The van der Waals surface area contributed by atoms with Gasteiger partial charge in [0.05, 0.1) is 12.3 Å². The summed E-state index contributed by atoms with van der Waals surface area (Å²) in [5.74, 6) is 0. The largest absolute Gasteiger partial charge is 0.383 e. The molecule has 1 aromatic heterocycles. The van der Waals surface area contributed by atoms with Gasteiger partial charge in [-0.1, -0.05) is 0 Å². The molecule has 0 atom stereocenters. The Morgan fingerprint density at radius 1 is 1.67 bits per heavy atom. The van der Waals surface area contributed by atoms with Crippen LogP contribution in [0.15, 0.2) is 18.3 Å². The Bertz CT molecular complexity index is 213. The molecule has 3 nitrogen and oxygen atoms in total. The van der Waals surface area contributed by atoms with Crippen LogP contribution in [0.25, 0.3) is 0 Å². The predicted octanol–water partition coefficient (Wildman–Crippen LogP) is 0.964. The van der Waals surface area contributed by atoms with Crippen molar-refractivity contribution in [3.05, 3.63) is 24.5 Å². The fourth-order valence-corrected chi connectivity index (χ4v) is 0.879. The molecule has 0 amide bonds. The van der Waals surface area contributed by atoms with E-state index in [-0.39, 0.29) is 0 Å². The Morgan fingerprint density at radius 2 is 2.50 bits per heavy atom. The molecular formula is C9H13N2O. The molecule has 0 saturated carbocycles. The summed E-state index contributed by atoms with van der Waals surface area (Å²) in [6.45, 7) is 1.58. The molecule has 1 aromatic rings. The number of hydrogen-bond donors (Lipinski definition) is 0. The van der Waals surface area contributed by atoms with Crippen molar-refractivity contribution in [3.8, 4) is 0 Å². The number of hydrogen-bond acceptors (Lipinski definition) is 3. The molecule has 65 valence electrons. The first-order valence-electron chi connectivity index (χ1n) is 3.87. The molecule has 0 fully saturated rings. The molecule has 0 N–H and O–H groups in total. The van der Waals surface area contributed by atoms with E-state index in [1.807, 2.05) is 19.2 Å². The van der Waals surface area contributed by atoms with Crippen molar-refractivity contribution in [1.29, 1.82) is 0 Å². The molecule has 1 heterocycles. The third-order valence-corrected chi connectivity index (χ3v) is 1.64. The molecule has 0 saturated heterocycles. The number of anilines is 1. The second-order valence-electron chi connectivity index (χ2n) is 2.55. The first-order valence-corrected chi connectivity index (χ1v) is 3.87. The maximum absolute atomic E-state index is 4.96. The molecule has 1 rings (SSSR count). The van der Waals surface area contributed by atoms with Crippen LogP contribution in [0.1, 0.15) is 0 Å². The standard InChI is InChI=1S/C9H13N2O/c1-11(6-7-12-2)9-4-3-5-10-8-9/h3-5H,6-7H2,1-2H3. The number of pyridine rings is 1. The Labute approximate surface area is 73.0 Å². The molecule has 0 aliphatic rings. The van der Waals surface area contributed by atoms with Crippen LogP contribution in [0.4, 0.5) is 5.69 Å². The van der Waals surface area contributed by atoms with E-state index in [1.165, 1.54) is 0 Å². The number of aromatic nitrogens is 1. The van der Waals surface area contributed by atoms with E-state index in [4.69, 9.17) is 4.74 Å². The summed E-state index contributed by atoms with van der Waals surface area (Å²) in [7, 11) is 3.69. The van der Waals surface area contributed by atoms with Crippen molar-refractivity contribution < 1.29 is 4.74 Å². The molecular weight excluding hydrogens is 152 g/mol.